The van der Waals surface area contributed by atoms with E-state index in [1.54, 1.807) is 10.9 Å². The standard InChI is InChI=1S/C12H23N5/c1-5-6-15-10(13)9-7-16-17(11(9)14)8-12(2,3)4/h7H,5-6,8,14H2,1-4H3,(H2,13,15). The van der Waals surface area contributed by atoms with E-state index < -0.39 is 0 Å². The van der Waals surface area contributed by atoms with Gasteiger partial charge in [0.15, 0.2) is 0 Å². The summed E-state index contributed by atoms with van der Waals surface area (Å²) in [5.41, 5.74) is 12.8. The Balaban J connectivity index is 2.91. The van der Waals surface area contributed by atoms with E-state index in [1.807, 2.05) is 0 Å². The van der Waals surface area contributed by atoms with Crippen LogP contribution in [-0.2, 0) is 6.54 Å². The van der Waals surface area contributed by atoms with Crippen LogP contribution in [0.5, 0.6) is 0 Å². The summed E-state index contributed by atoms with van der Waals surface area (Å²) >= 11 is 0. The maximum absolute atomic E-state index is 6.02. The molecule has 96 valence electrons. The van der Waals surface area contributed by atoms with Crippen molar-refractivity contribution in [2.24, 2.45) is 16.1 Å². The van der Waals surface area contributed by atoms with Gasteiger partial charge < -0.3 is 11.5 Å². The molecule has 0 bridgehead atoms. The molecule has 0 aliphatic heterocycles. The van der Waals surface area contributed by atoms with Crippen molar-refractivity contribution in [2.75, 3.05) is 12.3 Å². The van der Waals surface area contributed by atoms with Crippen molar-refractivity contribution in [2.45, 2.75) is 40.7 Å². The van der Waals surface area contributed by atoms with Crippen LogP contribution in [0.4, 0.5) is 5.82 Å². The summed E-state index contributed by atoms with van der Waals surface area (Å²) in [6.45, 7) is 9.96. The van der Waals surface area contributed by atoms with Gasteiger partial charge in [-0.25, -0.2) is 4.68 Å². The predicted octanol–water partition coefficient (Wildman–Crippen LogP) is 1.63. The van der Waals surface area contributed by atoms with Crippen LogP contribution < -0.4 is 11.5 Å². The van der Waals surface area contributed by atoms with Crippen LogP contribution in [0.3, 0.4) is 0 Å². The molecule has 0 radical (unpaired) electrons. The normalized spacial score (nSPS) is 13.1. The molecule has 0 fully saturated rings. The second-order valence-electron chi connectivity index (χ2n) is 5.43. The molecular formula is C12H23N5. The molecule has 0 saturated heterocycles. The molecule has 1 aromatic rings. The van der Waals surface area contributed by atoms with Crippen LogP contribution in [0.1, 0.15) is 39.7 Å². The summed E-state index contributed by atoms with van der Waals surface area (Å²) in [6.07, 6.45) is 2.66. The largest absolute Gasteiger partial charge is 0.383 e. The van der Waals surface area contributed by atoms with E-state index in [0.29, 0.717) is 11.7 Å². The summed E-state index contributed by atoms with van der Waals surface area (Å²) in [4.78, 5) is 4.24. The molecule has 0 unspecified atom stereocenters. The Morgan fingerprint density at radius 1 is 1.47 bits per heavy atom. The van der Waals surface area contributed by atoms with Crippen molar-refractivity contribution in [1.82, 2.24) is 9.78 Å². The smallest absolute Gasteiger partial charge is 0.132 e. The van der Waals surface area contributed by atoms with Gasteiger partial charge in [0.05, 0.1) is 11.8 Å². The number of amidine groups is 1. The second kappa shape index (κ2) is 5.21. The van der Waals surface area contributed by atoms with Gasteiger partial charge in [-0.15, -0.1) is 0 Å². The molecule has 5 nitrogen and oxygen atoms in total. The average Bonchev–Trinajstić information content (AvgIpc) is 2.55. The van der Waals surface area contributed by atoms with Crippen molar-refractivity contribution in [3.63, 3.8) is 0 Å². The lowest BCUT2D eigenvalue weighted by Crippen LogP contribution is -2.20. The van der Waals surface area contributed by atoms with Crippen LogP contribution in [-0.4, -0.2) is 22.2 Å². The minimum absolute atomic E-state index is 0.132. The molecule has 0 saturated carbocycles. The minimum atomic E-state index is 0.132. The van der Waals surface area contributed by atoms with Crippen LogP contribution >= 0.6 is 0 Å². The van der Waals surface area contributed by atoms with E-state index in [-0.39, 0.29) is 5.41 Å². The van der Waals surface area contributed by atoms with Crippen LogP contribution in [0.15, 0.2) is 11.2 Å². The van der Waals surface area contributed by atoms with Gasteiger partial charge >= 0.3 is 0 Å². The third-order valence-corrected chi connectivity index (χ3v) is 2.29. The van der Waals surface area contributed by atoms with E-state index in [4.69, 9.17) is 11.5 Å². The summed E-state index contributed by atoms with van der Waals surface area (Å²) < 4.78 is 1.78. The number of aliphatic imine (C=N–C) groups is 1. The Bertz CT molecular complexity index is 398. The number of nitrogen functional groups attached to an aromatic ring is 1. The number of anilines is 1. The quantitative estimate of drug-likeness (QED) is 0.616. The Hall–Kier alpha value is -1.52. The molecule has 5 heteroatoms. The number of aromatic nitrogens is 2. The lowest BCUT2D eigenvalue weighted by atomic mass is 9.97. The summed E-state index contributed by atoms with van der Waals surface area (Å²) in [7, 11) is 0. The molecule has 1 aromatic heterocycles. The lowest BCUT2D eigenvalue weighted by Gasteiger charge is -2.18. The molecular weight excluding hydrogens is 214 g/mol. The van der Waals surface area contributed by atoms with E-state index in [2.05, 4.69) is 37.8 Å². The predicted molar refractivity (Wildman–Crippen MR) is 72.0 cm³/mol. The molecule has 0 amide bonds. The molecule has 0 aliphatic rings. The third kappa shape index (κ3) is 3.76. The Morgan fingerprint density at radius 2 is 2.12 bits per heavy atom. The molecule has 1 rings (SSSR count). The molecule has 4 N–H and O–H groups in total. The first-order valence-corrected chi connectivity index (χ1v) is 5.96. The Kier molecular flexibility index (Phi) is 4.15. The van der Waals surface area contributed by atoms with Crippen LogP contribution in [0, 0.1) is 5.41 Å². The van der Waals surface area contributed by atoms with Gasteiger partial charge in [0.25, 0.3) is 0 Å². The zero-order chi connectivity index (χ0) is 13.1. The molecule has 0 atom stereocenters. The Labute approximate surface area is 103 Å². The van der Waals surface area contributed by atoms with Gasteiger partial charge in [0.2, 0.25) is 0 Å². The van der Waals surface area contributed by atoms with E-state index in [9.17, 15) is 0 Å². The highest BCUT2D eigenvalue weighted by atomic mass is 15.3. The van der Waals surface area contributed by atoms with E-state index in [0.717, 1.165) is 25.1 Å². The second-order valence-corrected chi connectivity index (χ2v) is 5.43. The van der Waals surface area contributed by atoms with Crippen molar-refractivity contribution in [3.8, 4) is 0 Å². The topological polar surface area (TPSA) is 82.2 Å². The summed E-state index contributed by atoms with van der Waals surface area (Å²) in [6, 6.07) is 0. The van der Waals surface area contributed by atoms with Gasteiger partial charge in [0, 0.05) is 13.1 Å². The first-order valence-electron chi connectivity index (χ1n) is 5.96. The fourth-order valence-electron chi connectivity index (χ4n) is 1.48. The monoisotopic (exact) mass is 237 g/mol. The van der Waals surface area contributed by atoms with Crippen molar-refractivity contribution < 1.29 is 0 Å². The number of hydrogen-bond acceptors (Lipinski definition) is 3. The zero-order valence-electron chi connectivity index (χ0n) is 11.2. The minimum Gasteiger partial charge on any atom is -0.383 e. The van der Waals surface area contributed by atoms with E-state index in [1.165, 1.54) is 0 Å². The van der Waals surface area contributed by atoms with Crippen molar-refractivity contribution in [3.05, 3.63) is 11.8 Å². The third-order valence-electron chi connectivity index (χ3n) is 2.29. The van der Waals surface area contributed by atoms with Gasteiger partial charge in [0.1, 0.15) is 11.7 Å². The Morgan fingerprint density at radius 3 is 2.65 bits per heavy atom. The van der Waals surface area contributed by atoms with E-state index >= 15 is 0 Å². The highest BCUT2D eigenvalue weighted by molar-refractivity contribution is 6.01. The number of hydrogen-bond donors (Lipinski definition) is 2. The SMILES string of the molecule is CCC/N=C(/N)c1cnn(CC(C)(C)C)c1N. The summed E-state index contributed by atoms with van der Waals surface area (Å²) in [5.74, 6) is 1.07. The lowest BCUT2D eigenvalue weighted by molar-refractivity contribution is 0.328. The van der Waals surface area contributed by atoms with Crippen molar-refractivity contribution in [1.29, 1.82) is 0 Å². The number of nitrogens with two attached hydrogens (primary N) is 2. The van der Waals surface area contributed by atoms with Crippen molar-refractivity contribution >= 4 is 11.7 Å². The first kappa shape index (κ1) is 13.5. The fourth-order valence-corrected chi connectivity index (χ4v) is 1.48. The number of nitrogens with zero attached hydrogens (tertiary/aromatic N) is 3. The van der Waals surface area contributed by atoms with Gasteiger partial charge in [-0.05, 0) is 11.8 Å². The molecule has 0 aliphatic carbocycles. The first-order chi connectivity index (χ1) is 7.85. The molecule has 0 aromatic carbocycles. The highest BCUT2D eigenvalue weighted by Gasteiger charge is 2.16. The van der Waals surface area contributed by atoms with Crippen LogP contribution in [0.25, 0.3) is 0 Å². The highest BCUT2D eigenvalue weighted by Crippen LogP contribution is 2.19. The van der Waals surface area contributed by atoms with Crippen LogP contribution in [0.2, 0.25) is 0 Å². The fraction of sp³-hybridized carbons (Fsp3) is 0.667. The van der Waals surface area contributed by atoms with Gasteiger partial charge in [-0.1, -0.05) is 27.7 Å². The maximum atomic E-state index is 6.02. The molecule has 0 spiro atoms. The zero-order valence-corrected chi connectivity index (χ0v) is 11.2. The van der Waals surface area contributed by atoms with Gasteiger partial charge in [-0.2, -0.15) is 5.10 Å². The molecule has 17 heavy (non-hydrogen) atoms. The molecule has 1 heterocycles. The summed E-state index contributed by atoms with van der Waals surface area (Å²) in [5, 5.41) is 4.26. The number of rotatable bonds is 4. The van der Waals surface area contributed by atoms with Gasteiger partial charge in [-0.3, -0.25) is 4.99 Å². The maximum Gasteiger partial charge on any atom is 0.132 e. The average molecular weight is 237 g/mol.